The van der Waals surface area contributed by atoms with Crippen LogP contribution in [0.15, 0.2) is 17.0 Å². The van der Waals surface area contributed by atoms with Crippen LogP contribution in [0.2, 0.25) is 10.0 Å². The van der Waals surface area contributed by atoms with Gasteiger partial charge in [0.1, 0.15) is 4.90 Å². The number of nitrogens with two attached hydrogens (primary N) is 1. The van der Waals surface area contributed by atoms with E-state index in [9.17, 15) is 8.42 Å². The van der Waals surface area contributed by atoms with E-state index in [0.29, 0.717) is 5.56 Å². The summed E-state index contributed by atoms with van der Waals surface area (Å²) in [5.74, 6) is 5.38. The minimum absolute atomic E-state index is 0.0137. The minimum Gasteiger partial charge on any atom is -0.395 e. The van der Waals surface area contributed by atoms with Crippen LogP contribution in [-0.4, -0.2) is 44.1 Å². The summed E-state index contributed by atoms with van der Waals surface area (Å²) in [6.07, 6.45) is 0. The average molecular weight is 351 g/mol. The number of benzene rings is 1. The molecule has 0 atom stereocenters. The average Bonchev–Trinajstić information content (AvgIpc) is 2.41. The molecule has 0 amide bonds. The molecular formula is C13H16Cl2N2O3S. The van der Waals surface area contributed by atoms with Crippen molar-refractivity contribution in [3.63, 3.8) is 0 Å². The van der Waals surface area contributed by atoms with Crippen LogP contribution in [0.3, 0.4) is 0 Å². The predicted octanol–water partition coefficient (Wildman–Crippen LogP) is 1.31. The maximum absolute atomic E-state index is 12.5. The Morgan fingerprint density at radius 1 is 1.33 bits per heavy atom. The van der Waals surface area contributed by atoms with E-state index in [1.165, 1.54) is 12.1 Å². The zero-order valence-corrected chi connectivity index (χ0v) is 13.8. The highest BCUT2D eigenvalue weighted by atomic mass is 35.5. The molecule has 0 bridgehead atoms. The highest BCUT2D eigenvalue weighted by molar-refractivity contribution is 7.89. The first-order valence-corrected chi connectivity index (χ1v) is 8.37. The quantitative estimate of drug-likeness (QED) is 0.784. The van der Waals surface area contributed by atoms with Crippen molar-refractivity contribution in [2.24, 2.45) is 5.73 Å². The molecule has 1 rings (SSSR count). The maximum atomic E-state index is 12.5. The normalized spacial score (nSPS) is 11.3. The Hall–Kier alpha value is -0.810. The van der Waals surface area contributed by atoms with E-state index in [4.69, 9.17) is 34.0 Å². The van der Waals surface area contributed by atoms with Gasteiger partial charge in [0.25, 0.3) is 0 Å². The molecule has 0 fully saturated rings. The van der Waals surface area contributed by atoms with Gasteiger partial charge in [-0.3, -0.25) is 0 Å². The van der Waals surface area contributed by atoms with Gasteiger partial charge in [0.05, 0.1) is 23.2 Å². The lowest BCUT2D eigenvalue weighted by Gasteiger charge is -2.21. The van der Waals surface area contributed by atoms with Crippen molar-refractivity contribution in [3.05, 3.63) is 27.7 Å². The summed E-state index contributed by atoms with van der Waals surface area (Å²) in [6.45, 7) is 1.72. The van der Waals surface area contributed by atoms with Crippen LogP contribution in [0.4, 0.5) is 0 Å². The van der Waals surface area contributed by atoms with Gasteiger partial charge in [-0.2, -0.15) is 4.31 Å². The third kappa shape index (κ3) is 4.33. The van der Waals surface area contributed by atoms with Gasteiger partial charge in [-0.25, -0.2) is 8.42 Å². The van der Waals surface area contributed by atoms with Crippen LogP contribution < -0.4 is 5.73 Å². The first-order chi connectivity index (χ1) is 9.88. The van der Waals surface area contributed by atoms with Crippen LogP contribution in [0.25, 0.3) is 0 Å². The van der Waals surface area contributed by atoms with Gasteiger partial charge in [-0.1, -0.05) is 42.0 Å². The molecule has 21 heavy (non-hydrogen) atoms. The molecule has 0 aliphatic heterocycles. The summed E-state index contributed by atoms with van der Waals surface area (Å²) >= 11 is 12.1. The van der Waals surface area contributed by atoms with Crippen LogP contribution >= 0.6 is 23.2 Å². The van der Waals surface area contributed by atoms with E-state index in [-0.39, 0.29) is 41.2 Å². The molecule has 0 spiro atoms. The summed E-state index contributed by atoms with van der Waals surface area (Å²) in [5.41, 5.74) is 5.76. The van der Waals surface area contributed by atoms with Crippen LogP contribution in [-0.2, 0) is 10.0 Å². The van der Waals surface area contributed by atoms with Gasteiger partial charge in [-0.15, -0.1) is 0 Å². The molecule has 0 unspecified atom stereocenters. The van der Waals surface area contributed by atoms with E-state index in [0.717, 1.165) is 4.31 Å². The topological polar surface area (TPSA) is 83.6 Å². The molecule has 0 aliphatic rings. The van der Waals surface area contributed by atoms with Gasteiger partial charge >= 0.3 is 0 Å². The predicted molar refractivity (Wildman–Crippen MR) is 83.9 cm³/mol. The van der Waals surface area contributed by atoms with Crippen molar-refractivity contribution in [3.8, 4) is 11.8 Å². The number of halogens is 2. The SMILES string of the molecule is CCN(CCO)S(=O)(=O)c1c(Cl)cc(C#CCN)cc1Cl. The van der Waals surface area contributed by atoms with Crippen molar-refractivity contribution < 1.29 is 13.5 Å². The Labute approximate surface area is 134 Å². The second-order valence-electron chi connectivity index (χ2n) is 4.00. The molecule has 1 aromatic rings. The van der Waals surface area contributed by atoms with E-state index in [2.05, 4.69) is 11.8 Å². The summed E-state index contributed by atoms with van der Waals surface area (Å²) in [5, 5.41) is 8.93. The molecule has 3 N–H and O–H groups in total. The molecular weight excluding hydrogens is 335 g/mol. The van der Waals surface area contributed by atoms with Crippen LogP contribution in [0.1, 0.15) is 12.5 Å². The number of nitrogens with zero attached hydrogens (tertiary/aromatic N) is 1. The fraction of sp³-hybridized carbons (Fsp3) is 0.385. The van der Waals surface area contributed by atoms with Gasteiger partial charge in [-0.05, 0) is 12.1 Å². The second-order valence-corrected chi connectivity index (χ2v) is 6.68. The lowest BCUT2D eigenvalue weighted by molar-refractivity contribution is 0.257. The molecule has 1 aromatic carbocycles. The van der Waals surface area contributed by atoms with Crippen molar-refractivity contribution in [2.75, 3.05) is 26.2 Å². The Morgan fingerprint density at radius 3 is 2.33 bits per heavy atom. The molecule has 0 heterocycles. The largest absolute Gasteiger partial charge is 0.395 e. The molecule has 0 aromatic heterocycles. The van der Waals surface area contributed by atoms with Gasteiger partial charge in [0.2, 0.25) is 10.0 Å². The first-order valence-electron chi connectivity index (χ1n) is 6.17. The molecule has 0 aliphatic carbocycles. The fourth-order valence-corrected chi connectivity index (χ4v) is 4.32. The first kappa shape index (κ1) is 18.2. The summed E-state index contributed by atoms with van der Waals surface area (Å²) in [7, 11) is -3.88. The van der Waals surface area contributed by atoms with E-state index < -0.39 is 10.0 Å². The molecule has 0 saturated heterocycles. The van der Waals surface area contributed by atoms with Crippen molar-refractivity contribution >= 4 is 33.2 Å². The Balaban J connectivity index is 3.37. The van der Waals surface area contributed by atoms with E-state index >= 15 is 0 Å². The number of likely N-dealkylation sites (N-methyl/N-ethyl adjacent to an activating group) is 1. The summed E-state index contributed by atoms with van der Waals surface area (Å²) in [4.78, 5) is -0.181. The Kier molecular flexibility index (Phi) is 6.94. The van der Waals surface area contributed by atoms with Gasteiger partial charge in [0.15, 0.2) is 0 Å². The van der Waals surface area contributed by atoms with Crippen molar-refractivity contribution in [2.45, 2.75) is 11.8 Å². The van der Waals surface area contributed by atoms with Crippen molar-refractivity contribution in [1.82, 2.24) is 4.31 Å². The number of aliphatic hydroxyl groups is 1. The maximum Gasteiger partial charge on any atom is 0.246 e. The third-order valence-corrected chi connectivity index (χ3v) is 5.53. The number of sulfonamides is 1. The number of rotatable bonds is 5. The van der Waals surface area contributed by atoms with Gasteiger partial charge in [0, 0.05) is 18.7 Å². The zero-order chi connectivity index (χ0) is 16.0. The smallest absolute Gasteiger partial charge is 0.246 e. The zero-order valence-electron chi connectivity index (χ0n) is 11.4. The fourth-order valence-electron chi connectivity index (χ4n) is 1.72. The number of hydrogen-bond acceptors (Lipinski definition) is 4. The highest BCUT2D eigenvalue weighted by Gasteiger charge is 2.28. The Bertz CT molecular complexity index is 643. The summed E-state index contributed by atoms with van der Waals surface area (Å²) in [6, 6.07) is 2.85. The van der Waals surface area contributed by atoms with Gasteiger partial charge < -0.3 is 10.8 Å². The molecule has 0 radical (unpaired) electrons. The third-order valence-electron chi connectivity index (χ3n) is 2.63. The van der Waals surface area contributed by atoms with E-state index in [1.54, 1.807) is 6.92 Å². The Morgan fingerprint density at radius 2 is 1.90 bits per heavy atom. The monoisotopic (exact) mass is 350 g/mol. The molecule has 5 nitrogen and oxygen atoms in total. The van der Waals surface area contributed by atoms with E-state index in [1.807, 2.05) is 0 Å². The molecule has 8 heteroatoms. The standard InChI is InChI=1S/C13H16Cl2N2O3S/c1-2-17(6-7-18)21(19,20)13-11(14)8-10(4-3-5-16)9-12(13)15/h8-9,18H,2,5-7,16H2,1H3. The van der Waals surface area contributed by atoms with Crippen LogP contribution in [0.5, 0.6) is 0 Å². The highest BCUT2D eigenvalue weighted by Crippen LogP contribution is 2.32. The molecule has 116 valence electrons. The number of hydrogen-bond donors (Lipinski definition) is 2. The van der Waals surface area contributed by atoms with Crippen LogP contribution in [0, 0.1) is 11.8 Å². The van der Waals surface area contributed by atoms with Crippen molar-refractivity contribution in [1.29, 1.82) is 0 Å². The minimum atomic E-state index is -3.88. The lowest BCUT2D eigenvalue weighted by atomic mass is 10.2. The number of aliphatic hydroxyl groups excluding tert-OH is 1. The molecule has 0 saturated carbocycles. The lowest BCUT2D eigenvalue weighted by Crippen LogP contribution is -2.33. The summed E-state index contributed by atoms with van der Waals surface area (Å²) < 4.78 is 26.1. The second kappa shape index (κ2) is 7.99.